The lowest BCUT2D eigenvalue weighted by Crippen LogP contribution is -2.30. The molecular weight excluding hydrogens is 410 g/mol. The predicted molar refractivity (Wildman–Crippen MR) is 87.3 cm³/mol. The number of nitrogens with one attached hydrogen (secondary N) is 1. The number of aliphatic carboxylic acids is 1. The normalized spacial score (nSPS) is 12.4. The average Bonchev–Trinajstić information content (AvgIpc) is 2.65. The van der Waals surface area contributed by atoms with E-state index in [1.165, 1.54) is 11.3 Å². The van der Waals surface area contributed by atoms with E-state index in [0.29, 0.717) is 17.3 Å². The molecule has 1 aromatic heterocycles. The molecule has 0 aromatic carbocycles. The van der Waals surface area contributed by atoms with E-state index in [1.54, 1.807) is 6.07 Å². The molecule has 7 heteroatoms. The predicted octanol–water partition coefficient (Wildman–Crippen LogP) is 4.14. The van der Waals surface area contributed by atoms with Gasteiger partial charge in [-0.1, -0.05) is 13.8 Å². The van der Waals surface area contributed by atoms with Crippen LogP contribution in [-0.4, -0.2) is 23.5 Å². The Bertz CT molecular complexity index is 468. The first-order valence-corrected chi connectivity index (χ1v) is 8.64. The number of carboxylic acids is 1. The van der Waals surface area contributed by atoms with Crippen molar-refractivity contribution < 1.29 is 14.7 Å². The molecule has 1 rings (SSSR count). The van der Waals surface area contributed by atoms with Gasteiger partial charge in [0.2, 0.25) is 0 Å². The monoisotopic (exact) mass is 425 g/mol. The molecule has 0 saturated carbocycles. The highest BCUT2D eigenvalue weighted by Gasteiger charge is 2.18. The molecule has 0 spiro atoms. The molecule has 0 aliphatic carbocycles. The zero-order chi connectivity index (χ0) is 15.3. The zero-order valence-corrected chi connectivity index (χ0v) is 15.3. The van der Waals surface area contributed by atoms with E-state index >= 15 is 0 Å². The van der Waals surface area contributed by atoms with Crippen molar-refractivity contribution in [3.05, 3.63) is 19.2 Å². The Morgan fingerprint density at radius 2 is 2.05 bits per heavy atom. The second-order valence-electron chi connectivity index (χ2n) is 5.04. The van der Waals surface area contributed by atoms with Gasteiger partial charge < -0.3 is 10.4 Å². The summed E-state index contributed by atoms with van der Waals surface area (Å²) >= 11 is 8.02. The molecule has 0 radical (unpaired) electrons. The molecule has 112 valence electrons. The minimum absolute atomic E-state index is 0.0386. The summed E-state index contributed by atoms with van der Waals surface area (Å²) < 4.78 is 1.71. The summed E-state index contributed by atoms with van der Waals surface area (Å²) in [6.07, 6.45) is 0.862. The molecule has 1 heterocycles. The Labute approximate surface area is 139 Å². The lowest BCUT2D eigenvalue weighted by Gasteiger charge is -2.17. The summed E-state index contributed by atoms with van der Waals surface area (Å²) in [5.74, 6) is -0.628. The van der Waals surface area contributed by atoms with Crippen LogP contribution in [0, 0.1) is 11.8 Å². The molecule has 0 bridgehead atoms. The highest BCUT2D eigenvalue weighted by Crippen LogP contribution is 2.32. The quantitative estimate of drug-likeness (QED) is 0.688. The third kappa shape index (κ3) is 5.93. The van der Waals surface area contributed by atoms with Crippen LogP contribution in [0.3, 0.4) is 0 Å². The van der Waals surface area contributed by atoms with Gasteiger partial charge in [-0.3, -0.25) is 9.59 Å². The van der Waals surface area contributed by atoms with Crippen LogP contribution >= 0.6 is 43.2 Å². The van der Waals surface area contributed by atoms with Gasteiger partial charge in [-0.2, -0.15) is 0 Å². The zero-order valence-electron chi connectivity index (χ0n) is 11.3. The van der Waals surface area contributed by atoms with Gasteiger partial charge in [0.25, 0.3) is 5.91 Å². The van der Waals surface area contributed by atoms with Crippen molar-refractivity contribution >= 4 is 55.1 Å². The average molecular weight is 427 g/mol. The first-order valence-electron chi connectivity index (χ1n) is 6.24. The summed E-state index contributed by atoms with van der Waals surface area (Å²) in [5, 5.41) is 11.7. The van der Waals surface area contributed by atoms with Crippen LogP contribution in [0.15, 0.2) is 14.3 Å². The largest absolute Gasteiger partial charge is 0.481 e. The maximum absolute atomic E-state index is 12.0. The van der Waals surface area contributed by atoms with Crippen LogP contribution in [0.4, 0.5) is 0 Å². The van der Waals surface area contributed by atoms with Gasteiger partial charge in [-0.25, -0.2) is 0 Å². The van der Waals surface area contributed by atoms with E-state index in [-0.39, 0.29) is 18.2 Å². The number of hydrogen-bond donors (Lipinski definition) is 2. The number of carbonyl (C=O) groups excluding carboxylic acids is 1. The lowest BCUT2D eigenvalue weighted by atomic mass is 9.94. The Balaban J connectivity index is 2.57. The topological polar surface area (TPSA) is 66.4 Å². The number of halogens is 2. The minimum Gasteiger partial charge on any atom is -0.481 e. The van der Waals surface area contributed by atoms with Crippen LogP contribution < -0.4 is 5.32 Å². The van der Waals surface area contributed by atoms with Crippen LogP contribution in [0.2, 0.25) is 0 Å². The Hall–Kier alpha value is -0.400. The fourth-order valence-electron chi connectivity index (χ4n) is 1.94. The van der Waals surface area contributed by atoms with Crippen molar-refractivity contribution in [2.45, 2.75) is 26.7 Å². The summed E-state index contributed by atoms with van der Waals surface area (Å²) in [7, 11) is 0. The number of amides is 1. The number of thiophene rings is 1. The molecule has 4 nitrogen and oxygen atoms in total. The third-order valence-corrected chi connectivity index (χ3v) is 5.94. The van der Waals surface area contributed by atoms with E-state index in [0.717, 1.165) is 14.7 Å². The van der Waals surface area contributed by atoms with Gasteiger partial charge >= 0.3 is 5.97 Å². The van der Waals surface area contributed by atoms with E-state index in [2.05, 4.69) is 37.2 Å². The van der Waals surface area contributed by atoms with Crippen molar-refractivity contribution in [3.63, 3.8) is 0 Å². The SMILES string of the molecule is CC(C)C[C@H](CNC(=O)c1cc(Br)c(Br)s1)CC(=O)O. The smallest absolute Gasteiger partial charge is 0.303 e. The second-order valence-corrected chi connectivity index (χ2v) is 8.26. The summed E-state index contributed by atoms with van der Waals surface area (Å²) in [6.45, 7) is 4.48. The van der Waals surface area contributed by atoms with Crippen LogP contribution in [0.5, 0.6) is 0 Å². The maximum Gasteiger partial charge on any atom is 0.303 e. The fourth-order valence-corrected chi connectivity index (χ4v) is 3.89. The molecular formula is C13H17Br2NO3S. The molecule has 1 amide bonds. The minimum atomic E-state index is -0.827. The molecule has 20 heavy (non-hydrogen) atoms. The summed E-state index contributed by atoms with van der Waals surface area (Å²) in [6, 6.07) is 1.75. The molecule has 0 aliphatic heterocycles. The van der Waals surface area contributed by atoms with E-state index in [1.807, 2.05) is 13.8 Å². The van der Waals surface area contributed by atoms with Crippen molar-refractivity contribution in [3.8, 4) is 0 Å². The first-order chi connectivity index (χ1) is 9.29. The second kappa shape index (κ2) is 8.14. The summed E-state index contributed by atoms with van der Waals surface area (Å²) in [4.78, 5) is 23.4. The number of carbonyl (C=O) groups is 2. The molecule has 1 aromatic rings. The van der Waals surface area contributed by atoms with Gasteiger partial charge in [-0.05, 0) is 56.2 Å². The van der Waals surface area contributed by atoms with Crippen LogP contribution in [0.1, 0.15) is 36.4 Å². The molecule has 0 aliphatic rings. The fraction of sp³-hybridized carbons (Fsp3) is 0.538. The van der Waals surface area contributed by atoms with Crippen molar-refractivity contribution in [1.29, 1.82) is 0 Å². The number of rotatable bonds is 7. The van der Waals surface area contributed by atoms with Gasteiger partial charge in [0, 0.05) is 17.4 Å². The van der Waals surface area contributed by atoms with E-state index in [4.69, 9.17) is 5.11 Å². The van der Waals surface area contributed by atoms with Crippen molar-refractivity contribution in [2.75, 3.05) is 6.54 Å². The standard InChI is InChI=1S/C13H17Br2NO3S/c1-7(2)3-8(4-11(17)18)6-16-13(19)10-5-9(14)12(15)20-10/h5,7-8H,3-4,6H2,1-2H3,(H,16,19)(H,17,18)/t8-/m0/s1. The maximum atomic E-state index is 12.0. The van der Waals surface area contributed by atoms with Gasteiger partial charge in [0.05, 0.1) is 8.66 Å². The summed E-state index contributed by atoms with van der Waals surface area (Å²) in [5.41, 5.74) is 0. The highest BCUT2D eigenvalue weighted by atomic mass is 79.9. The lowest BCUT2D eigenvalue weighted by molar-refractivity contribution is -0.138. The molecule has 0 unspecified atom stereocenters. The highest BCUT2D eigenvalue weighted by molar-refractivity contribution is 9.13. The van der Waals surface area contributed by atoms with Crippen LogP contribution in [0.25, 0.3) is 0 Å². The molecule has 2 N–H and O–H groups in total. The molecule has 0 fully saturated rings. The van der Waals surface area contributed by atoms with E-state index < -0.39 is 5.97 Å². The van der Waals surface area contributed by atoms with E-state index in [9.17, 15) is 9.59 Å². The Kier molecular flexibility index (Phi) is 7.19. The molecule has 1 atom stereocenters. The third-order valence-electron chi connectivity index (χ3n) is 2.69. The Morgan fingerprint density at radius 1 is 1.40 bits per heavy atom. The number of carboxylic acid groups (broad SMARTS) is 1. The van der Waals surface area contributed by atoms with Crippen LogP contribution in [-0.2, 0) is 4.79 Å². The number of hydrogen-bond acceptors (Lipinski definition) is 3. The first kappa shape index (κ1) is 17.7. The van der Waals surface area contributed by atoms with Gasteiger partial charge in [-0.15, -0.1) is 11.3 Å². The van der Waals surface area contributed by atoms with Gasteiger partial charge in [0.1, 0.15) is 0 Å². The van der Waals surface area contributed by atoms with Gasteiger partial charge in [0.15, 0.2) is 0 Å². The van der Waals surface area contributed by atoms with Crippen molar-refractivity contribution in [2.24, 2.45) is 11.8 Å². The molecule has 0 saturated heterocycles. The Morgan fingerprint density at radius 3 is 2.50 bits per heavy atom. The van der Waals surface area contributed by atoms with Crippen molar-refractivity contribution in [1.82, 2.24) is 5.32 Å².